The largest absolute Gasteiger partial charge is 3.00 e. The van der Waals surface area contributed by atoms with Crippen LogP contribution in [0.2, 0.25) is 0 Å². The summed E-state index contributed by atoms with van der Waals surface area (Å²) in [5.74, 6) is 0. The second kappa shape index (κ2) is 108. The van der Waals surface area contributed by atoms with E-state index in [-0.39, 0.29) is 152 Å². The number of thiol groups is 1. The molecule has 0 aromatic rings. The minimum atomic E-state index is 0. The molecule has 0 aromatic heterocycles. The summed E-state index contributed by atoms with van der Waals surface area (Å²) >= 11 is 0. The van der Waals surface area contributed by atoms with Gasteiger partial charge >= 0.3 is 16.5 Å². The molecule has 75 valence electrons. The molecule has 0 aliphatic carbocycles. The van der Waals surface area contributed by atoms with Gasteiger partial charge in [-0.15, -0.1) is 0 Å². The molecule has 0 heterocycles. The monoisotopic (exact) mass is 443 g/mol. The summed E-state index contributed by atoms with van der Waals surface area (Å²) in [6.45, 7) is 0. The van der Waals surface area contributed by atoms with Crippen LogP contribution in [0.4, 0.5) is 0 Å². The van der Waals surface area contributed by atoms with Gasteiger partial charge in [0.25, 0.3) is 0 Å². The van der Waals surface area contributed by atoms with Crippen molar-refractivity contribution in [2.75, 3.05) is 0 Å². The fourth-order valence-electron chi connectivity index (χ4n) is 0. The van der Waals surface area contributed by atoms with Gasteiger partial charge in [-0.1, -0.05) is 0 Å². The summed E-state index contributed by atoms with van der Waals surface area (Å²) in [5, 5.41) is 0. The van der Waals surface area contributed by atoms with Crippen LogP contribution in [0.25, 0.3) is 0 Å². The van der Waals surface area contributed by atoms with Gasteiger partial charge in [-0.3, -0.25) is 0 Å². The van der Waals surface area contributed by atoms with Gasteiger partial charge in [0.2, 0.25) is 0 Å². The summed E-state index contributed by atoms with van der Waals surface area (Å²) in [6, 6.07) is 0. The van der Waals surface area contributed by atoms with Crippen molar-refractivity contribution in [1.82, 2.24) is 0 Å². The fraction of sp³-hybridized carbons (Fsp3) is 0. The Labute approximate surface area is 150 Å². The summed E-state index contributed by atoms with van der Waals surface area (Å²) in [4.78, 5) is 0. The van der Waals surface area contributed by atoms with E-state index in [2.05, 4.69) is 0 Å². The van der Waals surface area contributed by atoms with Gasteiger partial charge in [0.15, 0.2) is 0 Å². The molecule has 5 radical (unpaired) electrons. The third-order valence-corrected chi connectivity index (χ3v) is 0. The molecular weight excluding hydrogens is 442 g/mol. The van der Waals surface area contributed by atoms with Gasteiger partial charge in [-0.2, -0.15) is 0 Å². The van der Waals surface area contributed by atoms with E-state index < -0.39 is 0 Å². The van der Waals surface area contributed by atoms with Gasteiger partial charge in [0.05, 0.1) is 0 Å². The number of hydrogen-bond acceptors (Lipinski definition) is 5. The number of hydrogen-bond donors (Lipinski definition) is 0. The molecule has 0 aromatic carbocycles. The van der Waals surface area contributed by atoms with Crippen molar-refractivity contribution >= 4 is 67.5 Å². The van der Waals surface area contributed by atoms with Gasteiger partial charge < -0.3 is 67.5 Å². The maximum atomic E-state index is 0. The Morgan fingerprint density at radius 1 is 0.400 bits per heavy atom. The zero-order valence-corrected chi connectivity index (χ0v) is 13.4. The first-order chi connectivity index (χ1) is 0. The molecule has 0 unspecified atom stereocenters. The van der Waals surface area contributed by atoms with Gasteiger partial charge in [-0.25, -0.2) is 0 Å². The van der Waals surface area contributed by atoms with E-state index >= 15 is 0 Å². The fourth-order valence-corrected chi connectivity index (χ4v) is 0. The Morgan fingerprint density at radius 3 is 0.400 bits per heavy atom. The molecule has 10 heavy (non-hydrogen) atoms. The Kier molecular flexibility index (Phi) is 1470. The van der Waals surface area contributed by atoms with E-state index in [1.807, 2.05) is 0 Å². The van der Waals surface area contributed by atoms with Crippen molar-refractivity contribution in [2.24, 2.45) is 0 Å². The molecule has 0 saturated carbocycles. The van der Waals surface area contributed by atoms with Gasteiger partial charge in [0.1, 0.15) is 0 Å². The zero-order valence-electron chi connectivity index (χ0n) is 3.81. The van der Waals surface area contributed by atoms with E-state index in [9.17, 15) is 0 Å². The average Bonchev–Trinajstić information content (AvgIpc) is 0. The molecule has 0 saturated heterocycles. The molecule has 0 rings (SSSR count). The van der Waals surface area contributed by atoms with Crippen LogP contribution in [-0.4, -0.2) is 0 Å². The zero-order chi connectivity index (χ0) is 0. The van der Waals surface area contributed by atoms with Crippen molar-refractivity contribution in [3.63, 3.8) is 0 Å². The molecule has 0 aliphatic heterocycles. The first-order valence-corrected chi connectivity index (χ1v) is 0. The van der Waals surface area contributed by atoms with E-state index in [0.29, 0.717) is 0 Å². The van der Waals surface area contributed by atoms with Gasteiger partial charge in [-0.05, 0) is 0 Å². The normalized spacial score (nSPS) is 0. The van der Waals surface area contributed by atoms with E-state index in [0.717, 1.165) is 0 Å². The molecule has 0 spiro atoms. The van der Waals surface area contributed by atoms with E-state index in [1.165, 1.54) is 0 Å². The van der Waals surface area contributed by atoms with Crippen molar-refractivity contribution < 1.29 is 84.8 Å². The van der Waals surface area contributed by atoms with Crippen LogP contribution >= 0.6 is 0 Å². The van der Waals surface area contributed by atoms with Crippen LogP contribution in [-0.2, 0) is 152 Å². The minimum Gasteiger partial charge on any atom is -1.00 e. The molecule has 0 nitrogen and oxygen atoms in total. The first-order valence-electron chi connectivity index (χ1n) is 0. The van der Waals surface area contributed by atoms with Crippen molar-refractivity contribution in [3.05, 3.63) is 0 Å². The Morgan fingerprint density at radius 2 is 0.400 bits per heavy atom. The van der Waals surface area contributed by atoms with Gasteiger partial charge in [0, 0.05) is 68.3 Å². The summed E-state index contributed by atoms with van der Waals surface area (Å²) in [5.41, 5.74) is 0. The molecule has 0 amide bonds. The summed E-state index contributed by atoms with van der Waals surface area (Å²) in [6.07, 6.45) is 0. The Balaban J connectivity index is 0. The average molecular weight is 443 g/mol. The quantitative estimate of drug-likeness (QED) is 0.282. The van der Waals surface area contributed by atoms with Crippen LogP contribution in [0.1, 0.15) is 0 Å². The molecule has 0 fully saturated rings. The second-order valence-corrected chi connectivity index (χ2v) is 0. The predicted molar refractivity (Wildman–Crippen MR) is 38.2 cm³/mol. The second-order valence-electron chi connectivity index (χ2n) is 0. The third-order valence-electron chi connectivity index (χ3n) is 0. The van der Waals surface area contributed by atoms with Crippen molar-refractivity contribution in [2.45, 2.75) is 0 Å². The van der Waals surface area contributed by atoms with Crippen LogP contribution < -0.4 is 0 Å². The first kappa shape index (κ1) is 136. The third kappa shape index (κ3) is 84.6. The molecular formula is HFe4NiS5-2. The van der Waals surface area contributed by atoms with Crippen LogP contribution in [0.15, 0.2) is 0 Å². The molecule has 0 N–H and O–H groups in total. The minimum absolute atomic E-state index is 0. The summed E-state index contributed by atoms with van der Waals surface area (Å²) < 4.78 is 0. The van der Waals surface area contributed by atoms with Crippen LogP contribution in [0.3, 0.4) is 0 Å². The Hall–Kier alpha value is 4.32. The van der Waals surface area contributed by atoms with E-state index in [4.69, 9.17) is 0 Å². The molecule has 10 heteroatoms. The molecule has 0 atom stereocenters. The van der Waals surface area contributed by atoms with Crippen molar-refractivity contribution in [1.29, 1.82) is 0 Å². The standard InChI is InChI=1S/4Fe.Ni.H2S.4S/h;;;;;1H2;;;;/q;;;;+3;;4*-1/p-1. The van der Waals surface area contributed by atoms with E-state index in [1.54, 1.807) is 0 Å². The smallest absolute Gasteiger partial charge is 1.00 e. The predicted octanol–water partition coefficient (Wildman–Crippen LogP) is -0.292. The number of rotatable bonds is 0. The SMILES string of the molecule is [Fe].[Fe].[Fe].[Fe].[Ni+3].[S-].[S-].[S-].[S-].[SH-]. The Bertz CT molecular complexity index is 13.6. The summed E-state index contributed by atoms with van der Waals surface area (Å²) in [7, 11) is 0. The topological polar surface area (TPSA) is 0 Å². The van der Waals surface area contributed by atoms with Crippen LogP contribution in [0.5, 0.6) is 0 Å². The maximum Gasteiger partial charge on any atom is 3.00 e. The molecule has 0 aliphatic rings. The molecule has 0 bridgehead atoms. The van der Waals surface area contributed by atoms with Crippen LogP contribution in [0, 0.1) is 0 Å². The maximum absolute atomic E-state index is 0. The van der Waals surface area contributed by atoms with Crippen molar-refractivity contribution in [3.8, 4) is 0 Å².